The van der Waals surface area contributed by atoms with Gasteiger partial charge in [0, 0.05) is 35.3 Å². The number of carbonyl (C=O) groups excluding carboxylic acids is 2. The molecule has 3 aromatic rings. The van der Waals surface area contributed by atoms with Gasteiger partial charge in [0.1, 0.15) is 0 Å². The second-order valence-corrected chi connectivity index (χ2v) is 8.64. The van der Waals surface area contributed by atoms with Gasteiger partial charge in [-0.3, -0.25) is 9.59 Å². The molecule has 7 nitrogen and oxygen atoms in total. The largest absolute Gasteiger partial charge is 0.378 e. The maximum Gasteiger partial charge on any atom is 0.251 e. The number of rotatable bonds is 6. The van der Waals surface area contributed by atoms with Gasteiger partial charge in [-0.05, 0) is 38.1 Å². The first-order valence-electron chi connectivity index (χ1n) is 10.5. The minimum absolute atomic E-state index is 0.0947. The highest BCUT2D eigenvalue weighted by Gasteiger charge is 2.15. The van der Waals surface area contributed by atoms with Crippen LogP contribution in [0.25, 0.3) is 11.3 Å². The van der Waals surface area contributed by atoms with Crippen molar-refractivity contribution in [2.75, 3.05) is 43.1 Å². The zero-order chi connectivity index (χ0) is 22.5. The zero-order valence-corrected chi connectivity index (χ0v) is 19.0. The van der Waals surface area contributed by atoms with Crippen LogP contribution in [0.2, 0.25) is 0 Å². The van der Waals surface area contributed by atoms with Crippen LogP contribution in [0, 0.1) is 13.8 Å². The minimum atomic E-state index is -0.279. The van der Waals surface area contributed by atoms with Crippen LogP contribution in [-0.4, -0.2) is 49.6 Å². The number of benzene rings is 2. The van der Waals surface area contributed by atoms with E-state index in [0.717, 1.165) is 53.8 Å². The lowest BCUT2D eigenvalue weighted by atomic mass is 10.1. The fraction of sp³-hybridized carbons (Fsp3) is 0.292. The van der Waals surface area contributed by atoms with E-state index in [0.29, 0.717) is 11.3 Å². The van der Waals surface area contributed by atoms with E-state index in [9.17, 15) is 9.59 Å². The SMILES string of the molecule is Cc1cc(C)cc(C(=O)NCC(=O)Nc2ccc(-c3csc(N4CCOCC4)n3)cc2)c1. The summed E-state index contributed by atoms with van der Waals surface area (Å²) >= 11 is 1.62. The summed E-state index contributed by atoms with van der Waals surface area (Å²) in [6.07, 6.45) is 0. The number of carbonyl (C=O) groups is 2. The zero-order valence-electron chi connectivity index (χ0n) is 18.2. The van der Waals surface area contributed by atoms with Crippen LogP contribution < -0.4 is 15.5 Å². The van der Waals surface area contributed by atoms with Gasteiger partial charge in [-0.15, -0.1) is 11.3 Å². The number of nitrogens with one attached hydrogen (secondary N) is 2. The number of thiazole rings is 1. The molecule has 0 aliphatic carbocycles. The Labute approximate surface area is 191 Å². The molecule has 0 unspecified atom stereocenters. The maximum absolute atomic E-state index is 12.3. The summed E-state index contributed by atoms with van der Waals surface area (Å²) in [5.74, 6) is -0.541. The van der Waals surface area contributed by atoms with Crippen molar-refractivity contribution in [2.24, 2.45) is 0 Å². The van der Waals surface area contributed by atoms with E-state index in [2.05, 4.69) is 15.5 Å². The Morgan fingerprint density at radius 3 is 2.44 bits per heavy atom. The standard InChI is InChI=1S/C24H26N4O3S/c1-16-11-17(2)13-19(12-16)23(30)25-14-22(29)26-20-5-3-18(4-6-20)21-15-32-24(27-21)28-7-9-31-10-8-28/h3-6,11-13,15H,7-10,14H2,1-2H3,(H,25,30)(H,26,29). The van der Waals surface area contributed by atoms with Crippen molar-refractivity contribution in [3.8, 4) is 11.3 Å². The number of anilines is 2. The minimum Gasteiger partial charge on any atom is -0.378 e. The quantitative estimate of drug-likeness (QED) is 0.599. The Bertz CT molecular complexity index is 1080. The molecule has 166 valence electrons. The molecule has 1 aliphatic heterocycles. The third-order valence-electron chi connectivity index (χ3n) is 5.13. The Hall–Kier alpha value is -3.23. The third kappa shape index (κ3) is 5.52. The molecule has 0 radical (unpaired) electrons. The number of aromatic nitrogens is 1. The molecule has 2 N–H and O–H groups in total. The maximum atomic E-state index is 12.3. The molecule has 0 bridgehead atoms. The summed E-state index contributed by atoms with van der Waals surface area (Å²) in [6, 6.07) is 13.2. The van der Waals surface area contributed by atoms with Crippen molar-refractivity contribution < 1.29 is 14.3 Å². The summed E-state index contributed by atoms with van der Waals surface area (Å²) in [6.45, 7) is 6.96. The predicted octanol–water partition coefficient (Wildman–Crippen LogP) is 3.63. The van der Waals surface area contributed by atoms with E-state index >= 15 is 0 Å². The number of morpholine rings is 1. The molecule has 4 rings (SSSR count). The summed E-state index contributed by atoms with van der Waals surface area (Å²) in [4.78, 5) is 31.6. The smallest absolute Gasteiger partial charge is 0.251 e. The number of hydrogen-bond donors (Lipinski definition) is 2. The molecule has 1 fully saturated rings. The average Bonchev–Trinajstić information content (AvgIpc) is 3.28. The fourth-order valence-corrected chi connectivity index (χ4v) is 4.48. The molecular formula is C24H26N4O3S. The van der Waals surface area contributed by atoms with Crippen LogP contribution >= 0.6 is 11.3 Å². The summed E-state index contributed by atoms with van der Waals surface area (Å²) in [7, 11) is 0. The highest BCUT2D eigenvalue weighted by molar-refractivity contribution is 7.14. The van der Waals surface area contributed by atoms with Crippen LogP contribution in [0.5, 0.6) is 0 Å². The topological polar surface area (TPSA) is 83.6 Å². The van der Waals surface area contributed by atoms with E-state index in [4.69, 9.17) is 9.72 Å². The third-order valence-corrected chi connectivity index (χ3v) is 6.03. The first-order chi connectivity index (χ1) is 15.5. The van der Waals surface area contributed by atoms with Crippen molar-refractivity contribution in [1.82, 2.24) is 10.3 Å². The van der Waals surface area contributed by atoms with Crippen LogP contribution in [0.4, 0.5) is 10.8 Å². The van der Waals surface area contributed by atoms with Gasteiger partial charge in [0.2, 0.25) is 5.91 Å². The van der Waals surface area contributed by atoms with Gasteiger partial charge >= 0.3 is 0 Å². The first kappa shape index (κ1) is 22.0. The lowest BCUT2D eigenvalue weighted by Crippen LogP contribution is -2.36. The Balaban J connectivity index is 1.31. The molecule has 1 aromatic heterocycles. The normalized spacial score (nSPS) is 13.6. The van der Waals surface area contributed by atoms with Crippen molar-refractivity contribution in [2.45, 2.75) is 13.8 Å². The first-order valence-corrected chi connectivity index (χ1v) is 11.4. The molecule has 2 heterocycles. The second kappa shape index (κ2) is 9.93. The Morgan fingerprint density at radius 1 is 1.06 bits per heavy atom. The van der Waals surface area contributed by atoms with Gasteiger partial charge < -0.3 is 20.3 Å². The number of ether oxygens (including phenoxy) is 1. The molecule has 1 aliphatic rings. The number of nitrogens with zero attached hydrogens (tertiary/aromatic N) is 2. The van der Waals surface area contributed by atoms with Crippen molar-refractivity contribution in [3.63, 3.8) is 0 Å². The van der Waals surface area contributed by atoms with Gasteiger partial charge in [-0.1, -0.05) is 29.3 Å². The van der Waals surface area contributed by atoms with E-state index in [1.54, 1.807) is 11.3 Å². The monoisotopic (exact) mass is 450 g/mol. The van der Waals surface area contributed by atoms with Crippen LogP contribution in [0.15, 0.2) is 47.8 Å². The predicted molar refractivity (Wildman–Crippen MR) is 127 cm³/mol. The molecule has 32 heavy (non-hydrogen) atoms. The molecule has 2 amide bonds. The van der Waals surface area contributed by atoms with E-state index in [-0.39, 0.29) is 18.4 Å². The fourth-order valence-electron chi connectivity index (χ4n) is 3.59. The average molecular weight is 451 g/mol. The van der Waals surface area contributed by atoms with Crippen molar-refractivity contribution >= 4 is 34.0 Å². The van der Waals surface area contributed by atoms with Gasteiger partial charge in [0.15, 0.2) is 5.13 Å². The molecule has 2 aromatic carbocycles. The molecular weight excluding hydrogens is 424 g/mol. The number of hydrogen-bond acceptors (Lipinski definition) is 6. The van der Waals surface area contributed by atoms with Gasteiger partial charge in [0.05, 0.1) is 25.5 Å². The Morgan fingerprint density at radius 2 is 1.75 bits per heavy atom. The van der Waals surface area contributed by atoms with E-state index < -0.39 is 0 Å². The second-order valence-electron chi connectivity index (χ2n) is 7.80. The van der Waals surface area contributed by atoms with Crippen LogP contribution in [0.3, 0.4) is 0 Å². The van der Waals surface area contributed by atoms with Gasteiger partial charge in [-0.25, -0.2) is 4.98 Å². The molecule has 1 saturated heterocycles. The molecule has 8 heteroatoms. The van der Waals surface area contributed by atoms with Crippen LogP contribution in [-0.2, 0) is 9.53 Å². The highest BCUT2D eigenvalue weighted by Crippen LogP contribution is 2.28. The van der Waals surface area contributed by atoms with E-state index in [1.165, 1.54) is 0 Å². The molecule has 0 atom stereocenters. The van der Waals surface area contributed by atoms with Crippen LogP contribution in [0.1, 0.15) is 21.5 Å². The lowest BCUT2D eigenvalue weighted by Gasteiger charge is -2.26. The van der Waals surface area contributed by atoms with Crippen molar-refractivity contribution in [1.29, 1.82) is 0 Å². The summed E-state index contributed by atoms with van der Waals surface area (Å²) in [5, 5.41) is 8.53. The van der Waals surface area contributed by atoms with E-state index in [1.807, 2.05) is 61.7 Å². The summed E-state index contributed by atoms with van der Waals surface area (Å²) in [5.41, 5.74) is 5.15. The summed E-state index contributed by atoms with van der Waals surface area (Å²) < 4.78 is 5.40. The highest BCUT2D eigenvalue weighted by atomic mass is 32.1. The molecule has 0 saturated carbocycles. The molecule has 0 spiro atoms. The van der Waals surface area contributed by atoms with Crippen molar-refractivity contribution in [3.05, 3.63) is 64.5 Å². The van der Waals surface area contributed by atoms with Gasteiger partial charge in [-0.2, -0.15) is 0 Å². The number of amides is 2. The number of aryl methyl sites for hydroxylation is 2. The Kier molecular flexibility index (Phi) is 6.82. The van der Waals surface area contributed by atoms with Gasteiger partial charge in [0.25, 0.3) is 5.91 Å². The lowest BCUT2D eigenvalue weighted by molar-refractivity contribution is -0.115.